The Kier molecular flexibility index (Phi) is 5.66. The van der Waals surface area contributed by atoms with Gasteiger partial charge in [-0.1, -0.05) is 53.5 Å². The maximum atomic E-state index is 12.4. The molecule has 0 aromatic heterocycles. The van der Waals surface area contributed by atoms with Crippen LogP contribution >= 0.6 is 35.4 Å². The first-order chi connectivity index (χ1) is 12.4. The van der Waals surface area contributed by atoms with E-state index in [1.54, 1.807) is 6.92 Å². The van der Waals surface area contributed by atoms with Gasteiger partial charge in [-0.15, -0.1) is 0 Å². The number of halogens is 2. The van der Waals surface area contributed by atoms with Crippen LogP contribution in [0.4, 0.5) is 0 Å². The Hall–Kier alpha value is -1.88. The van der Waals surface area contributed by atoms with E-state index in [4.69, 9.17) is 35.4 Å². The van der Waals surface area contributed by atoms with Gasteiger partial charge in [0.1, 0.15) is 0 Å². The average Bonchev–Trinajstić information content (AvgIpc) is 2.59. The summed E-state index contributed by atoms with van der Waals surface area (Å²) in [6.07, 6.45) is 0. The molecule has 0 aliphatic carbocycles. The summed E-state index contributed by atoms with van der Waals surface area (Å²) in [5, 5.41) is 5.13. The van der Waals surface area contributed by atoms with Crippen molar-refractivity contribution in [2.24, 2.45) is 0 Å². The number of benzene rings is 2. The third-order valence-electron chi connectivity index (χ3n) is 4.45. The van der Waals surface area contributed by atoms with E-state index < -0.39 is 0 Å². The predicted octanol–water partition coefficient (Wildman–Crippen LogP) is 5.29. The largest absolute Gasteiger partial charge is 0.351 e. The molecular weight excluding hydrogens is 387 g/mol. The highest BCUT2D eigenvalue weighted by molar-refractivity contribution is 7.80. The number of rotatable bonds is 4. The molecule has 2 aromatic rings. The van der Waals surface area contributed by atoms with E-state index in [1.807, 2.05) is 60.4 Å². The molecule has 0 saturated heterocycles. The molecule has 1 atom stereocenters. The van der Waals surface area contributed by atoms with E-state index in [1.165, 1.54) is 0 Å². The molecule has 0 saturated carbocycles. The summed E-state index contributed by atoms with van der Waals surface area (Å²) in [6.45, 7) is 4.05. The molecule has 0 radical (unpaired) electrons. The van der Waals surface area contributed by atoms with Crippen molar-refractivity contribution in [1.29, 1.82) is 0 Å². The number of carbonyl (C=O) groups excluding carboxylic acids is 1. The van der Waals surface area contributed by atoms with Gasteiger partial charge in [-0.2, -0.15) is 0 Å². The lowest BCUT2D eigenvalue weighted by Crippen LogP contribution is -2.47. The number of nitrogens with one attached hydrogen (secondary N) is 1. The lowest BCUT2D eigenvalue weighted by atomic mass is 9.92. The fraction of sp³-hybridized carbons (Fsp3) is 0.200. The molecule has 1 aliphatic heterocycles. The van der Waals surface area contributed by atoms with E-state index >= 15 is 0 Å². The highest BCUT2D eigenvalue weighted by atomic mass is 35.5. The second-order valence-electron chi connectivity index (χ2n) is 6.17. The molecule has 3 nitrogen and oxygen atoms in total. The van der Waals surface area contributed by atoms with E-state index in [0.717, 1.165) is 16.8 Å². The van der Waals surface area contributed by atoms with Crippen molar-refractivity contribution in [3.63, 3.8) is 0 Å². The first-order valence-corrected chi connectivity index (χ1v) is 9.33. The second-order valence-corrected chi connectivity index (χ2v) is 7.40. The Morgan fingerprint density at radius 3 is 2.42 bits per heavy atom. The Bertz CT molecular complexity index is 893. The quantitative estimate of drug-likeness (QED) is 0.701. The summed E-state index contributed by atoms with van der Waals surface area (Å²) in [7, 11) is 0. The molecule has 0 spiro atoms. The molecule has 2 aromatic carbocycles. The monoisotopic (exact) mass is 404 g/mol. The number of ketones is 1. The lowest BCUT2D eigenvalue weighted by Gasteiger charge is -2.38. The number of hydrogen-bond acceptors (Lipinski definition) is 2. The third kappa shape index (κ3) is 3.78. The van der Waals surface area contributed by atoms with E-state index in [0.29, 0.717) is 27.3 Å². The van der Waals surface area contributed by atoms with Crippen LogP contribution in [-0.4, -0.2) is 15.8 Å². The predicted molar refractivity (Wildman–Crippen MR) is 110 cm³/mol. The summed E-state index contributed by atoms with van der Waals surface area (Å²) in [6, 6.07) is 14.7. The summed E-state index contributed by atoms with van der Waals surface area (Å²) in [5.74, 6) is -0.0106. The fourth-order valence-electron chi connectivity index (χ4n) is 3.14. The van der Waals surface area contributed by atoms with Gasteiger partial charge in [0.15, 0.2) is 10.9 Å². The molecule has 6 heteroatoms. The first kappa shape index (κ1) is 18.9. The first-order valence-electron chi connectivity index (χ1n) is 8.17. The Balaban J connectivity index is 2.01. The van der Waals surface area contributed by atoms with Crippen molar-refractivity contribution in [2.75, 3.05) is 0 Å². The van der Waals surface area contributed by atoms with Crippen LogP contribution in [0, 0.1) is 0 Å². The molecule has 0 bridgehead atoms. The molecule has 26 heavy (non-hydrogen) atoms. The van der Waals surface area contributed by atoms with Gasteiger partial charge in [-0.25, -0.2) is 0 Å². The summed E-state index contributed by atoms with van der Waals surface area (Å²) >= 11 is 17.9. The molecule has 134 valence electrons. The fourth-order valence-corrected chi connectivity index (χ4v) is 3.83. The van der Waals surface area contributed by atoms with Crippen LogP contribution < -0.4 is 5.32 Å². The van der Waals surface area contributed by atoms with Gasteiger partial charge < -0.3 is 10.2 Å². The van der Waals surface area contributed by atoms with Gasteiger partial charge in [0, 0.05) is 27.9 Å². The van der Waals surface area contributed by atoms with Crippen LogP contribution in [0.25, 0.3) is 0 Å². The van der Waals surface area contributed by atoms with Crippen molar-refractivity contribution in [3.8, 4) is 0 Å². The molecule has 1 aliphatic rings. The van der Waals surface area contributed by atoms with Crippen LogP contribution in [0.3, 0.4) is 0 Å². The maximum absolute atomic E-state index is 12.4. The molecule has 1 heterocycles. The van der Waals surface area contributed by atoms with E-state index in [9.17, 15) is 4.79 Å². The van der Waals surface area contributed by atoms with Crippen LogP contribution in [0.5, 0.6) is 0 Å². The number of carbonyl (C=O) groups is 1. The van der Waals surface area contributed by atoms with Crippen LogP contribution in [-0.2, 0) is 11.3 Å². The number of thiocarbonyl (C=S) groups is 1. The zero-order valence-corrected chi connectivity index (χ0v) is 16.8. The zero-order valence-electron chi connectivity index (χ0n) is 14.4. The second kappa shape index (κ2) is 7.78. The number of nitrogens with zero attached hydrogens (tertiary/aromatic N) is 1. The van der Waals surface area contributed by atoms with Crippen molar-refractivity contribution in [3.05, 3.63) is 81.0 Å². The minimum atomic E-state index is -0.352. The minimum absolute atomic E-state index is 0.0106. The summed E-state index contributed by atoms with van der Waals surface area (Å²) < 4.78 is 0. The molecule has 1 N–H and O–H groups in total. The highest BCUT2D eigenvalue weighted by Gasteiger charge is 2.33. The van der Waals surface area contributed by atoms with Gasteiger partial charge in [0.2, 0.25) is 0 Å². The van der Waals surface area contributed by atoms with Crippen molar-refractivity contribution in [2.45, 2.75) is 26.4 Å². The summed E-state index contributed by atoms with van der Waals surface area (Å²) in [5.41, 5.74) is 3.39. The van der Waals surface area contributed by atoms with Crippen molar-refractivity contribution >= 4 is 46.3 Å². The van der Waals surface area contributed by atoms with Gasteiger partial charge in [0.05, 0.1) is 6.04 Å². The number of hydrogen-bond donors (Lipinski definition) is 1. The lowest BCUT2D eigenvalue weighted by molar-refractivity contribution is -0.114. The Morgan fingerprint density at radius 2 is 1.81 bits per heavy atom. The molecular formula is C20H18Cl2N2OS. The van der Waals surface area contributed by atoms with Crippen molar-refractivity contribution < 1.29 is 4.79 Å². The number of allylic oxidation sites excluding steroid dienone is 1. The van der Waals surface area contributed by atoms with Gasteiger partial charge in [-0.3, -0.25) is 4.79 Å². The summed E-state index contributed by atoms with van der Waals surface area (Å²) in [4.78, 5) is 14.4. The molecule has 1 unspecified atom stereocenters. The third-order valence-corrected chi connectivity index (χ3v) is 5.38. The van der Waals surface area contributed by atoms with E-state index in [2.05, 4.69) is 5.32 Å². The van der Waals surface area contributed by atoms with Crippen LogP contribution in [0.1, 0.15) is 31.0 Å². The van der Waals surface area contributed by atoms with E-state index in [-0.39, 0.29) is 11.8 Å². The van der Waals surface area contributed by atoms with Gasteiger partial charge in [0.25, 0.3) is 0 Å². The van der Waals surface area contributed by atoms with Gasteiger partial charge >= 0.3 is 0 Å². The smallest absolute Gasteiger partial charge is 0.174 e. The van der Waals surface area contributed by atoms with Gasteiger partial charge in [-0.05, 0) is 55.4 Å². The highest BCUT2D eigenvalue weighted by Crippen LogP contribution is 2.35. The number of Topliss-reactive ketones (excluding diaryl/α,β-unsaturated/α-hetero) is 1. The van der Waals surface area contributed by atoms with Crippen LogP contribution in [0.2, 0.25) is 10.0 Å². The maximum Gasteiger partial charge on any atom is 0.174 e. The average molecular weight is 405 g/mol. The van der Waals surface area contributed by atoms with Crippen LogP contribution in [0.15, 0.2) is 59.8 Å². The topological polar surface area (TPSA) is 32.3 Å². The Labute approximate surface area is 168 Å². The standard InChI is InChI=1S/C20H18Cl2N2OS/c1-12-18(13(2)25)19(16-5-3-4-6-17(16)22)23-20(26)24(12)11-14-7-9-15(21)10-8-14/h3-10,19H,11H2,1-2H3,(H,23,26). The normalized spacial score (nSPS) is 17.3. The minimum Gasteiger partial charge on any atom is -0.351 e. The molecule has 3 rings (SSSR count). The SMILES string of the molecule is CC(=O)C1=C(C)N(Cc2ccc(Cl)cc2)C(=S)NC1c1ccccc1Cl. The zero-order chi connectivity index (χ0) is 18.8. The molecule has 0 fully saturated rings. The van der Waals surface area contributed by atoms with Crippen molar-refractivity contribution in [1.82, 2.24) is 10.2 Å². The Morgan fingerprint density at radius 1 is 1.15 bits per heavy atom. The molecule has 0 amide bonds.